The van der Waals surface area contributed by atoms with Crippen LogP contribution in [0, 0.1) is 23.2 Å². The molecular formula is C24H30N4O3. The average Bonchev–Trinajstić information content (AvgIpc) is 3.28. The van der Waals surface area contributed by atoms with Crippen molar-refractivity contribution in [3.8, 4) is 0 Å². The van der Waals surface area contributed by atoms with E-state index in [-0.39, 0.29) is 12.7 Å². The molecule has 2 aromatic rings. The zero-order valence-corrected chi connectivity index (χ0v) is 17.9. The molecule has 0 aromatic carbocycles. The number of nitrogens with one attached hydrogen (secondary N) is 1. The van der Waals surface area contributed by atoms with E-state index < -0.39 is 0 Å². The molecule has 31 heavy (non-hydrogen) atoms. The minimum Gasteiger partial charge on any atom is -0.466 e. The molecule has 0 saturated heterocycles. The Morgan fingerprint density at radius 1 is 1.19 bits per heavy atom. The number of carbonyl (C=O) groups is 1. The Bertz CT molecular complexity index is 922. The van der Waals surface area contributed by atoms with E-state index in [0.29, 0.717) is 24.3 Å². The van der Waals surface area contributed by atoms with Gasteiger partial charge in [-0.1, -0.05) is 0 Å². The molecule has 2 aromatic heterocycles. The third kappa shape index (κ3) is 3.68. The van der Waals surface area contributed by atoms with Gasteiger partial charge in [0, 0.05) is 18.7 Å². The van der Waals surface area contributed by atoms with Crippen LogP contribution in [0.1, 0.15) is 55.5 Å². The van der Waals surface area contributed by atoms with Crippen LogP contribution >= 0.6 is 0 Å². The van der Waals surface area contributed by atoms with Crippen LogP contribution in [-0.2, 0) is 24.3 Å². The van der Waals surface area contributed by atoms with Crippen molar-refractivity contribution in [2.24, 2.45) is 23.2 Å². The molecule has 4 saturated carbocycles. The third-order valence-electron chi connectivity index (χ3n) is 7.98. The highest BCUT2D eigenvalue weighted by Crippen LogP contribution is 2.59. The number of nitrogens with zero attached hydrogens (tertiary/aromatic N) is 3. The van der Waals surface area contributed by atoms with Crippen molar-refractivity contribution in [1.29, 1.82) is 0 Å². The van der Waals surface area contributed by atoms with Gasteiger partial charge in [-0.2, -0.15) is 0 Å². The number of aromatic nitrogens is 2. The van der Waals surface area contributed by atoms with Crippen LogP contribution in [0.5, 0.6) is 0 Å². The molecule has 5 aliphatic rings. The second kappa shape index (κ2) is 7.53. The molecule has 7 heteroatoms. The quantitative estimate of drug-likeness (QED) is 0.770. The standard InChI is InChI=1S/C24H30N4O3/c29-23(31-13-19-2-1-5-30-19)28-4-3-20-21(12-28)26-15-27-22(20)25-14-24-9-16-6-17(10-24)8-18(7-16)11-24/h1-2,5,15-18H,3-4,6-14H2,(H,25,26,27). The molecule has 4 fully saturated rings. The first-order valence-electron chi connectivity index (χ1n) is 11.7. The first kappa shape index (κ1) is 19.1. The smallest absolute Gasteiger partial charge is 0.410 e. The van der Waals surface area contributed by atoms with Crippen molar-refractivity contribution in [2.75, 3.05) is 18.4 Å². The van der Waals surface area contributed by atoms with Gasteiger partial charge in [-0.25, -0.2) is 14.8 Å². The second-order valence-electron chi connectivity index (χ2n) is 10.2. The summed E-state index contributed by atoms with van der Waals surface area (Å²) in [6.07, 6.45) is 12.2. The summed E-state index contributed by atoms with van der Waals surface area (Å²) in [6.45, 7) is 2.25. The van der Waals surface area contributed by atoms with Gasteiger partial charge in [0.15, 0.2) is 6.61 Å². The molecule has 0 spiro atoms. The molecular weight excluding hydrogens is 392 g/mol. The van der Waals surface area contributed by atoms with Crippen LogP contribution in [0.25, 0.3) is 0 Å². The van der Waals surface area contributed by atoms with Crippen LogP contribution in [0.4, 0.5) is 10.6 Å². The monoisotopic (exact) mass is 422 g/mol. The Labute approximate surface area is 182 Å². The number of amides is 1. The van der Waals surface area contributed by atoms with Crippen LogP contribution in [0.15, 0.2) is 29.1 Å². The molecule has 1 amide bonds. The largest absolute Gasteiger partial charge is 0.466 e. The summed E-state index contributed by atoms with van der Waals surface area (Å²) in [5.41, 5.74) is 2.54. The van der Waals surface area contributed by atoms with E-state index in [4.69, 9.17) is 9.15 Å². The molecule has 7 nitrogen and oxygen atoms in total. The minimum absolute atomic E-state index is 0.150. The van der Waals surface area contributed by atoms with E-state index in [1.807, 2.05) is 0 Å². The van der Waals surface area contributed by atoms with Gasteiger partial charge in [0.05, 0.1) is 18.5 Å². The number of hydrogen-bond donors (Lipinski definition) is 1. The van der Waals surface area contributed by atoms with Gasteiger partial charge in [0.25, 0.3) is 0 Å². The molecule has 0 unspecified atom stereocenters. The summed E-state index contributed by atoms with van der Waals surface area (Å²) >= 11 is 0. The number of rotatable bonds is 5. The lowest BCUT2D eigenvalue weighted by atomic mass is 9.49. The van der Waals surface area contributed by atoms with E-state index in [9.17, 15) is 4.79 Å². The molecule has 4 aliphatic carbocycles. The Morgan fingerprint density at radius 2 is 1.97 bits per heavy atom. The lowest BCUT2D eigenvalue weighted by molar-refractivity contribution is -0.0444. The number of furan rings is 1. The van der Waals surface area contributed by atoms with E-state index in [1.54, 1.807) is 29.6 Å². The molecule has 3 heterocycles. The van der Waals surface area contributed by atoms with Crippen LogP contribution in [0.3, 0.4) is 0 Å². The van der Waals surface area contributed by atoms with E-state index >= 15 is 0 Å². The summed E-state index contributed by atoms with van der Waals surface area (Å²) in [6, 6.07) is 3.59. The molecule has 164 valence electrons. The molecule has 0 radical (unpaired) electrons. The topological polar surface area (TPSA) is 80.5 Å². The highest BCUT2D eigenvalue weighted by molar-refractivity contribution is 5.68. The van der Waals surface area contributed by atoms with Crippen molar-refractivity contribution < 1.29 is 13.9 Å². The lowest BCUT2D eigenvalue weighted by Crippen LogP contribution is -2.49. The van der Waals surface area contributed by atoms with Crippen LogP contribution in [0.2, 0.25) is 0 Å². The number of carbonyl (C=O) groups excluding carboxylic acids is 1. The Balaban J connectivity index is 1.10. The second-order valence-corrected chi connectivity index (χ2v) is 10.2. The van der Waals surface area contributed by atoms with Crippen LogP contribution < -0.4 is 5.32 Å². The van der Waals surface area contributed by atoms with Gasteiger partial charge >= 0.3 is 6.09 Å². The average molecular weight is 423 g/mol. The summed E-state index contributed by atoms with van der Waals surface area (Å²) in [7, 11) is 0. The Hall–Kier alpha value is -2.57. The van der Waals surface area contributed by atoms with Crippen molar-refractivity contribution in [3.63, 3.8) is 0 Å². The van der Waals surface area contributed by atoms with E-state index in [0.717, 1.165) is 47.8 Å². The van der Waals surface area contributed by atoms with Gasteiger partial charge in [-0.05, 0) is 80.2 Å². The normalized spacial score (nSPS) is 30.8. The van der Waals surface area contributed by atoms with Gasteiger partial charge < -0.3 is 19.4 Å². The van der Waals surface area contributed by atoms with Crippen molar-refractivity contribution in [2.45, 2.75) is 58.1 Å². The highest BCUT2D eigenvalue weighted by atomic mass is 16.6. The SMILES string of the molecule is O=C(OCc1ccco1)N1CCc2c(ncnc2NCC23CC4CC(CC(C4)C2)C3)C1. The van der Waals surface area contributed by atoms with E-state index in [2.05, 4.69) is 15.3 Å². The van der Waals surface area contributed by atoms with Crippen LogP contribution in [-0.4, -0.2) is 34.1 Å². The maximum atomic E-state index is 12.5. The van der Waals surface area contributed by atoms with Crippen molar-refractivity contribution in [3.05, 3.63) is 41.7 Å². The zero-order chi connectivity index (χ0) is 20.8. The van der Waals surface area contributed by atoms with Gasteiger partial charge in [0.2, 0.25) is 0 Å². The predicted octanol–water partition coefficient (Wildman–Crippen LogP) is 4.39. The molecule has 0 atom stereocenters. The molecule has 4 bridgehead atoms. The first-order chi connectivity index (χ1) is 15.2. The Kier molecular flexibility index (Phi) is 4.65. The number of hydrogen-bond acceptors (Lipinski definition) is 6. The number of fused-ring (bicyclic) bond motifs is 1. The zero-order valence-electron chi connectivity index (χ0n) is 17.9. The molecule has 1 aliphatic heterocycles. The summed E-state index contributed by atoms with van der Waals surface area (Å²) in [5, 5.41) is 3.72. The van der Waals surface area contributed by atoms with Crippen molar-refractivity contribution in [1.82, 2.24) is 14.9 Å². The fraction of sp³-hybridized carbons (Fsp3) is 0.625. The van der Waals surface area contributed by atoms with Crippen molar-refractivity contribution >= 4 is 11.9 Å². The van der Waals surface area contributed by atoms with E-state index in [1.165, 1.54) is 38.5 Å². The summed E-state index contributed by atoms with van der Waals surface area (Å²) in [4.78, 5) is 23.2. The first-order valence-corrected chi connectivity index (χ1v) is 11.7. The molecule has 7 rings (SSSR count). The van der Waals surface area contributed by atoms with Gasteiger partial charge in [-0.15, -0.1) is 0 Å². The number of anilines is 1. The minimum atomic E-state index is -0.330. The summed E-state index contributed by atoms with van der Waals surface area (Å²) < 4.78 is 10.6. The number of ether oxygens (including phenoxy) is 1. The maximum Gasteiger partial charge on any atom is 0.410 e. The lowest BCUT2D eigenvalue weighted by Gasteiger charge is -2.57. The highest BCUT2D eigenvalue weighted by Gasteiger charge is 2.50. The fourth-order valence-electron chi connectivity index (χ4n) is 7.06. The third-order valence-corrected chi connectivity index (χ3v) is 7.98. The fourth-order valence-corrected chi connectivity index (χ4v) is 7.06. The van der Waals surface area contributed by atoms with Gasteiger partial charge in [-0.3, -0.25) is 0 Å². The summed E-state index contributed by atoms with van der Waals surface area (Å²) in [5.74, 6) is 4.46. The van der Waals surface area contributed by atoms with Gasteiger partial charge in [0.1, 0.15) is 17.9 Å². The predicted molar refractivity (Wildman–Crippen MR) is 114 cm³/mol. The Morgan fingerprint density at radius 3 is 2.68 bits per heavy atom. The molecule has 1 N–H and O–H groups in total. The maximum absolute atomic E-state index is 12.5.